The van der Waals surface area contributed by atoms with Crippen molar-refractivity contribution in [2.45, 2.75) is 45.6 Å². The highest BCUT2D eigenvalue weighted by Crippen LogP contribution is 2.25. The number of aromatic amines is 1. The van der Waals surface area contributed by atoms with Gasteiger partial charge in [-0.2, -0.15) is 0 Å². The van der Waals surface area contributed by atoms with E-state index >= 15 is 0 Å². The molecular formula is C21H26N6O2. The summed E-state index contributed by atoms with van der Waals surface area (Å²) in [6, 6.07) is 9.89. The summed E-state index contributed by atoms with van der Waals surface area (Å²) in [6.45, 7) is 5.94. The van der Waals surface area contributed by atoms with Gasteiger partial charge >= 0.3 is 0 Å². The maximum atomic E-state index is 12.6. The van der Waals surface area contributed by atoms with Crippen molar-refractivity contribution >= 4 is 17.1 Å². The number of amides is 1. The Morgan fingerprint density at radius 2 is 2.07 bits per heavy atom. The van der Waals surface area contributed by atoms with E-state index in [-0.39, 0.29) is 22.9 Å². The van der Waals surface area contributed by atoms with Crippen molar-refractivity contribution < 1.29 is 4.79 Å². The second kappa shape index (κ2) is 8.14. The average molecular weight is 394 g/mol. The third-order valence-electron chi connectivity index (χ3n) is 5.31. The molecular weight excluding hydrogens is 368 g/mol. The van der Waals surface area contributed by atoms with Crippen LogP contribution in [-0.4, -0.2) is 48.9 Å². The number of hydrogen-bond donors (Lipinski definition) is 1. The van der Waals surface area contributed by atoms with Crippen molar-refractivity contribution in [2.75, 3.05) is 13.1 Å². The molecule has 3 aromatic rings. The molecule has 8 heteroatoms. The zero-order valence-electron chi connectivity index (χ0n) is 16.8. The van der Waals surface area contributed by atoms with E-state index in [4.69, 9.17) is 4.98 Å². The molecule has 1 amide bonds. The number of carbonyl (C=O) groups excluding carboxylic acids is 1. The highest BCUT2D eigenvalue weighted by atomic mass is 16.2. The number of rotatable bonds is 5. The van der Waals surface area contributed by atoms with Crippen LogP contribution in [-0.2, 0) is 11.3 Å². The first kappa shape index (κ1) is 19.3. The van der Waals surface area contributed by atoms with E-state index in [9.17, 15) is 9.59 Å². The number of H-pyrrole nitrogens is 1. The SMILES string of the molecule is CC(C)CC(=O)N1CCC[C@H](c2nc3c(nnn3Cc3ccccc3)c(=O)[nH]2)C1. The van der Waals surface area contributed by atoms with Gasteiger partial charge in [0.05, 0.1) is 6.54 Å². The van der Waals surface area contributed by atoms with Crippen LogP contribution in [0, 0.1) is 5.92 Å². The van der Waals surface area contributed by atoms with Crippen molar-refractivity contribution in [3.05, 3.63) is 52.1 Å². The number of aromatic nitrogens is 5. The minimum atomic E-state index is -0.282. The highest BCUT2D eigenvalue weighted by Gasteiger charge is 2.27. The zero-order valence-corrected chi connectivity index (χ0v) is 16.8. The predicted octanol–water partition coefficient (Wildman–Crippen LogP) is 2.32. The van der Waals surface area contributed by atoms with Gasteiger partial charge in [0.25, 0.3) is 5.56 Å². The summed E-state index contributed by atoms with van der Waals surface area (Å²) in [5.74, 6) is 1.12. The van der Waals surface area contributed by atoms with Crippen molar-refractivity contribution in [3.8, 4) is 0 Å². The van der Waals surface area contributed by atoms with Crippen LogP contribution in [0.5, 0.6) is 0 Å². The summed E-state index contributed by atoms with van der Waals surface area (Å²) in [4.78, 5) is 34.6. The Labute approximate surface area is 168 Å². The van der Waals surface area contributed by atoms with Gasteiger partial charge in [-0.25, -0.2) is 9.67 Å². The van der Waals surface area contributed by atoms with E-state index in [0.717, 1.165) is 24.9 Å². The van der Waals surface area contributed by atoms with Gasteiger partial charge in [0.2, 0.25) is 5.91 Å². The second-order valence-corrected chi connectivity index (χ2v) is 8.13. The van der Waals surface area contributed by atoms with Crippen LogP contribution >= 0.6 is 0 Å². The molecule has 1 aromatic carbocycles. The Kier molecular flexibility index (Phi) is 5.42. The highest BCUT2D eigenvalue weighted by molar-refractivity contribution is 5.76. The summed E-state index contributed by atoms with van der Waals surface area (Å²) in [5.41, 5.74) is 1.51. The second-order valence-electron chi connectivity index (χ2n) is 8.13. The Morgan fingerprint density at radius 1 is 1.28 bits per heavy atom. The fourth-order valence-electron chi connectivity index (χ4n) is 3.84. The number of hydrogen-bond acceptors (Lipinski definition) is 5. The topological polar surface area (TPSA) is 96.8 Å². The van der Waals surface area contributed by atoms with Crippen molar-refractivity contribution in [1.82, 2.24) is 29.9 Å². The molecule has 0 aliphatic carbocycles. The Balaban J connectivity index is 1.61. The maximum absolute atomic E-state index is 12.6. The maximum Gasteiger partial charge on any atom is 0.281 e. The van der Waals surface area contributed by atoms with Crippen molar-refractivity contribution in [3.63, 3.8) is 0 Å². The molecule has 4 rings (SSSR count). The lowest BCUT2D eigenvalue weighted by molar-refractivity contribution is -0.133. The minimum Gasteiger partial charge on any atom is -0.342 e. The molecule has 3 heterocycles. The molecule has 1 aliphatic heterocycles. The van der Waals surface area contributed by atoms with Crippen LogP contribution < -0.4 is 5.56 Å². The minimum absolute atomic E-state index is 0.0111. The number of nitrogens with zero attached hydrogens (tertiary/aromatic N) is 5. The molecule has 8 nitrogen and oxygen atoms in total. The van der Waals surface area contributed by atoms with Crippen molar-refractivity contribution in [1.29, 1.82) is 0 Å². The van der Waals surface area contributed by atoms with Crippen LogP contribution in [0.1, 0.15) is 50.4 Å². The molecule has 152 valence electrons. The largest absolute Gasteiger partial charge is 0.342 e. The Morgan fingerprint density at radius 3 is 2.83 bits per heavy atom. The van der Waals surface area contributed by atoms with Gasteiger partial charge < -0.3 is 9.88 Å². The molecule has 1 aliphatic rings. The lowest BCUT2D eigenvalue weighted by Crippen LogP contribution is -2.40. The zero-order chi connectivity index (χ0) is 20.4. The van der Waals surface area contributed by atoms with Crippen LogP contribution in [0.25, 0.3) is 11.2 Å². The van der Waals surface area contributed by atoms with Gasteiger partial charge in [-0.15, -0.1) is 5.10 Å². The first-order valence-corrected chi connectivity index (χ1v) is 10.2. The molecule has 0 saturated carbocycles. The molecule has 0 radical (unpaired) electrons. The average Bonchev–Trinajstić information content (AvgIpc) is 3.12. The summed E-state index contributed by atoms with van der Waals surface area (Å²) in [7, 11) is 0. The van der Waals surface area contributed by atoms with Gasteiger partial charge in [0.1, 0.15) is 5.82 Å². The molecule has 0 unspecified atom stereocenters. The summed E-state index contributed by atoms with van der Waals surface area (Å²) < 4.78 is 1.66. The molecule has 1 saturated heterocycles. The number of benzene rings is 1. The third-order valence-corrected chi connectivity index (χ3v) is 5.31. The standard InChI is InChI=1S/C21H26N6O2/c1-14(2)11-17(28)26-10-6-9-16(13-26)19-22-20-18(21(29)23-19)24-25-27(20)12-15-7-4-3-5-8-15/h3-5,7-8,14,16H,6,9-13H2,1-2H3,(H,22,23,29)/t16-/m0/s1. The van der Waals surface area contributed by atoms with Gasteiger partial charge in [-0.1, -0.05) is 49.4 Å². The van der Waals surface area contributed by atoms with Gasteiger partial charge in [-0.05, 0) is 24.3 Å². The predicted molar refractivity (Wildman–Crippen MR) is 109 cm³/mol. The van der Waals surface area contributed by atoms with Gasteiger partial charge in [0.15, 0.2) is 11.2 Å². The lowest BCUT2D eigenvalue weighted by atomic mass is 9.96. The van der Waals surface area contributed by atoms with Gasteiger partial charge in [-0.3, -0.25) is 9.59 Å². The molecule has 1 atom stereocenters. The molecule has 29 heavy (non-hydrogen) atoms. The molecule has 2 aromatic heterocycles. The van der Waals surface area contributed by atoms with E-state index in [1.807, 2.05) is 49.1 Å². The number of nitrogens with one attached hydrogen (secondary N) is 1. The van der Waals surface area contributed by atoms with E-state index in [0.29, 0.717) is 36.9 Å². The first-order valence-electron chi connectivity index (χ1n) is 10.2. The first-order chi connectivity index (χ1) is 14.0. The normalized spacial score (nSPS) is 17.2. The number of piperidine rings is 1. The van der Waals surface area contributed by atoms with Crippen LogP contribution in [0.4, 0.5) is 0 Å². The fraction of sp³-hybridized carbons (Fsp3) is 0.476. The Hall–Kier alpha value is -3.03. The van der Waals surface area contributed by atoms with E-state index in [2.05, 4.69) is 15.3 Å². The van der Waals surface area contributed by atoms with Gasteiger partial charge in [0, 0.05) is 25.4 Å². The van der Waals surface area contributed by atoms with E-state index in [1.165, 1.54) is 0 Å². The molecule has 0 spiro atoms. The molecule has 1 fully saturated rings. The number of likely N-dealkylation sites (tertiary alicyclic amines) is 1. The van der Waals surface area contributed by atoms with E-state index < -0.39 is 0 Å². The molecule has 0 bridgehead atoms. The quantitative estimate of drug-likeness (QED) is 0.716. The summed E-state index contributed by atoms with van der Waals surface area (Å²) in [6.07, 6.45) is 2.33. The third kappa shape index (κ3) is 4.21. The number of fused-ring (bicyclic) bond motifs is 1. The van der Waals surface area contributed by atoms with Crippen LogP contribution in [0.2, 0.25) is 0 Å². The Bertz CT molecular complexity index is 1060. The fourth-order valence-corrected chi connectivity index (χ4v) is 3.84. The summed E-state index contributed by atoms with van der Waals surface area (Å²) in [5, 5.41) is 8.15. The summed E-state index contributed by atoms with van der Waals surface area (Å²) >= 11 is 0. The molecule has 1 N–H and O–H groups in total. The smallest absolute Gasteiger partial charge is 0.281 e. The number of carbonyl (C=O) groups is 1. The lowest BCUT2D eigenvalue weighted by Gasteiger charge is -2.32. The van der Waals surface area contributed by atoms with Crippen LogP contribution in [0.3, 0.4) is 0 Å². The monoisotopic (exact) mass is 394 g/mol. The van der Waals surface area contributed by atoms with E-state index in [1.54, 1.807) is 4.68 Å². The van der Waals surface area contributed by atoms with Crippen LogP contribution in [0.15, 0.2) is 35.1 Å². The van der Waals surface area contributed by atoms with Crippen molar-refractivity contribution in [2.24, 2.45) is 5.92 Å².